The van der Waals surface area contributed by atoms with Crippen molar-refractivity contribution in [2.75, 3.05) is 0 Å². The molecular weight excluding hydrogens is 203 g/mol. The molecule has 0 saturated carbocycles. The molecule has 0 unspecified atom stereocenters. The molecular formula is C4H6F2SiY-. The SMILES string of the molecule is [CH2-]C(F)(F)CC[Si].[Y]. The van der Waals surface area contributed by atoms with Crippen molar-refractivity contribution in [2.45, 2.75) is 18.4 Å². The first kappa shape index (κ1) is 11.9. The molecule has 0 aromatic carbocycles. The molecule has 0 saturated heterocycles. The maximum atomic E-state index is 11.6. The molecule has 0 bridgehead atoms. The third kappa shape index (κ3) is 10.2. The monoisotopic (exact) mass is 209 g/mol. The molecule has 0 spiro atoms. The van der Waals surface area contributed by atoms with Gasteiger partial charge < -0.3 is 0 Å². The second-order valence-corrected chi connectivity index (χ2v) is 1.86. The molecule has 0 aliphatic heterocycles. The molecule has 0 aromatic heterocycles. The van der Waals surface area contributed by atoms with E-state index >= 15 is 0 Å². The molecule has 0 nitrogen and oxygen atoms in total. The summed E-state index contributed by atoms with van der Waals surface area (Å²) in [6.45, 7) is 2.60. The van der Waals surface area contributed by atoms with Crippen LogP contribution in [0.5, 0.6) is 0 Å². The van der Waals surface area contributed by atoms with Crippen molar-refractivity contribution in [1.29, 1.82) is 0 Å². The third-order valence-electron chi connectivity index (χ3n) is 0.491. The number of rotatable bonds is 2. The Labute approximate surface area is 76.7 Å². The van der Waals surface area contributed by atoms with Gasteiger partial charge in [0.25, 0.3) is 0 Å². The van der Waals surface area contributed by atoms with Gasteiger partial charge in [0.15, 0.2) is 0 Å². The van der Waals surface area contributed by atoms with Gasteiger partial charge in [-0.2, -0.15) is 0 Å². The van der Waals surface area contributed by atoms with E-state index in [4.69, 9.17) is 0 Å². The Bertz CT molecular complexity index is 52.5. The van der Waals surface area contributed by atoms with Crippen LogP contribution in [0.4, 0.5) is 8.78 Å². The first-order valence-corrected chi connectivity index (χ1v) is 2.65. The molecule has 0 aromatic rings. The molecule has 0 N–H and O–H groups in total. The van der Waals surface area contributed by atoms with Crippen LogP contribution in [0.1, 0.15) is 6.42 Å². The summed E-state index contributed by atoms with van der Waals surface area (Å²) in [4.78, 5) is 0. The zero-order chi connectivity index (χ0) is 5.91. The van der Waals surface area contributed by atoms with E-state index in [0.717, 1.165) is 0 Å². The summed E-state index contributed by atoms with van der Waals surface area (Å²) in [6.07, 6.45) is -0.191. The van der Waals surface area contributed by atoms with E-state index in [2.05, 4.69) is 17.2 Å². The van der Waals surface area contributed by atoms with Gasteiger partial charge in [-0.1, -0.05) is 6.04 Å². The number of alkyl halides is 2. The summed E-state index contributed by atoms with van der Waals surface area (Å²) in [5.41, 5.74) is 0. The molecule has 0 fully saturated rings. The average Bonchev–Trinajstić information content (AvgIpc) is 1.30. The van der Waals surface area contributed by atoms with E-state index in [0.29, 0.717) is 6.04 Å². The maximum absolute atomic E-state index is 11.6. The molecule has 0 aliphatic carbocycles. The topological polar surface area (TPSA) is 0 Å². The van der Waals surface area contributed by atoms with Crippen LogP contribution in [-0.2, 0) is 32.7 Å². The minimum Gasteiger partial charge on any atom is -0.275 e. The first-order valence-electron chi connectivity index (χ1n) is 1.94. The Hall–Kier alpha value is 1.18. The third-order valence-corrected chi connectivity index (χ3v) is 0.741. The summed E-state index contributed by atoms with van der Waals surface area (Å²) < 4.78 is 23.2. The predicted octanol–water partition coefficient (Wildman–Crippen LogP) is 1.43. The van der Waals surface area contributed by atoms with Gasteiger partial charge in [0.05, 0.1) is 0 Å². The Balaban J connectivity index is 0. The van der Waals surface area contributed by atoms with Gasteiger partial charge in [0.2, 0.25) is 0 Å². The normalized spacial score (nSPS) is 10.5. The minimum absolute atomic E-state index is 0. The van der Waals surface area contributed by atoms with Gasteiger partial charge >= 0.3 is 0 Å². The fraction of sp³-hybridized carbons (Fsp3) is 0.750. The summed E-state index contributed by atoms with van der Waals surface area (Å²) in [5, 5.41) is 0. The molecule has 4 heteroatoms. The molecule has 0 aliphatic rings. The number of halogens is 2. The zero-order valence-electron chi connectivity index (χ0n) is 4.45. The molecule has 0 heterocycles. The van der Waals surface area contributed by atoms with Crippen molar-refractivity contribution in [3.05, 3.63) is 6.92 Å². The Morgan fingerprint density at radius 1 is 1.50 bits per heavy atom. The average molecular weight is 209 g/mol. The maximum Gasteiger partial charge on any atom is 0.129 e. The summed E-state index contributed by atoms with van der Waals surface area (Å²) in [6, 6.07) is 0.302. The Kier molecular flexibility index (Phi) is 7.45. The molecule has 0 atom stereocenters. The first-order chi connectivity index (χ1) is 3.06. The van der Waals surface area contributed by atoms with Crippen molar-refractivity contribution in [3.8, 4) is 0 Å². The largest absolute Gasteiger partial charge is 0.275 e. The van der Waals surface area contributed by atoms with Crippen LogP contribution in [0.3, 0.4) is 0 Å². The van der Waals surface area contributed by atoms with Crippen LogP contribution in [0, 0.1) is 6.92 Å². The van der Waals surface area contributed by atoms with E-state index < -0.39 is 5.92 Å². The van der Waals surface area contributed by atoms with Crippen molar-refractivity contribution >= 4 is 10.2 Å². The van der Waals surface area contributed by atoms with Crippen LogP contribution in [0.25, 0.3) is 0 Å². The second-order valence-electron chi connectivity index (χ2n) is 1.36. The van der Waals surface area contributed by atoms with E-state index in [9.17, 15) is 8.78 Å². The standard InChI is InChI=1S/C4H6F2Si.Y/c1-4(5,6)2-3-7;/h1-3H2;/q-1;. The van der Waals surface area contributed by atoms with E-state index in [-0.39, 0.29) is 39.1 Å². The molecule has 4 radical (unpaired) electrons. The summed E-state index contributed by atoms with van der Waals surface area (Å²) in [5.74, 6) is -2.75. The fourth-order valence-corrected chi connectivity index (χ4v) is 0.549. The van der Waals surface area contributed by atoms with E-state index in [1.807, 2.05) is 0 Å². The van der Waals surface area contributed by atoms with Crippen LogP contribution < -0.4 is 0 Å². The predicted molar refractivity (Wildman–Crippen MR) is 25.5 cm³/mol. The smallest absolute Gasteiger partial charge is 0.129 e. The quantitative estimate of drug-likeness (QED) is 0.476. The Morgan fingerprint density at radius 3 is 1.88 bits per heavy atom. The van der Waals surface area contributed by atoms with E-state index in [1.165, 1.54) is 0 Å². The van der Waals surface area contributed by atoms with Gasteiger partial charge in [-0.15, -0.1) is 0 Å². The molecule has 0 amide bonds. The molecule has 0 rings (SSSR count). The second kappa shape index (κ2) is 5.00. The fourth-order valence-electron chi connectivity index (χ4n) is 0.183. The van der Waals surface area contributed by atoms with Crippen molar-refractivity contribution in [3.63, 3.8) is 0 Å². The summed E-state index contributed by atoms with van der Waals surface area (Å²) >= 11 is 0. The summed E-state index contributed by atoms with van der Waals surface area (Å²) in [7, 11) is 2.91. The van der Waals surface area contributed by atoms with Gasteiger partial charge in [-0.3, -0.25) is 6.92 Å². The number of hydrogen-bond acceptors (Lipinski definition) is 0. The van der Waals surface area contributed by atoms with Crippen molar-refractivity contribution in [1.82, 2.24) is 0 Å². The van der Waals surface area contributed by atoms with Crippen LogP contribution in [0.2, 0.25) is 6.04 Å². The van der Waals surface area contributed by atoms with Crippen LogP contribution in [0.15, 0.2) is 0 Å². The van der Waals surface area contributed by atoms with Crippen LogP contribution >= 0.6 is 0 Å². The minimum atomic E-state index is -2.75. The van der Waals surface area contributed by atoms with E-state index in [1.54, 1.807) is 0 Å². The Morgan fingerprint density at radius 2 is 1.88 bits per heavy atom. The van der Waals surface area contributed by atoms with Gasteiger partial charge in [0.1, 0.15) is 5.92 Å². The van der Waals surface area contributed by atoms with Crippen molar-refractivity contribution in [2.24, 2.45) is 0 Å². The van der Waals surface area contributed by atoms with Gasteiger partial charge in [-0.25, -0.2) is 8.78 Å². The number of hydrogen-bond donors (Lipinski definition) is 0. The zero-order valence-corrected chi connectivity index (χ0v) is 8.29. The van der Waals surface area contributed by atoms with Gasteiger partial charge in [0, 0.05) is 43.0 Å². The molecule has 8 heavy (non-hydrogen) atoms. The van der Waals surface area contributed by atoms with Gasteiger partial charge in [-0.05, 0) is 6.42 Å². The molecule has 44 valence electrons. The van der Waals surface area contributed by atoms with Crippen molar-refractivity contribution < 1.29 is 41.5 Å². The van der Waals surface area contributed by atoms with Crippen LogP contribution in [-0.4, -0.2) is 16.2 Å².